The standard InChI is InChI=1S/C14H17FN2O2S/c15-13-6-7-14(12(9-13)5-2-8-16)20(18,19)17-10-11-3-1-4-11/h6-7,9,11,17H,1,3-4,8,10,16H2. The Morgan fingerprint density at radius 2 is 2.15 bits per heavy atom. The summed E-state index contributed by atoms with van der Waals surface area (Å²) in [6.45, 7) is 0.509. The molecule has 0 aromatic heterocycles. The van der Waals surface area contributed by atoms with Gasteiger partial charge in [0.1, 0.15) is 5.82 Å². The van der Waals surface area contributed by atoms with Gasteiger partial charge in [-0.2, -0.15) is 0 Å². The monoisotopic (exact) mass is 296 g/mol. The van der Waals surface area contributed by atoms with E-state index in [1.807, 2.05) is 0 Å². The van der Waals surface area contributed by atoms with E-state index in [2.05, 4.69) is 16.6 Å². The van der Waals surface area contributed by atoms with Crippen LogP contribution in [-0.2, 0) is 10.0 Å². The van der Waals surface area contributed by atoms with Crippen LogP contribution in [0.3, 0.4) is 0 Å². The van der Waals surface area contributed by atoms with Gasteiger partial charge in [0.2, 0.25) is 10.0 Å². The Morgan fingerprint density at radius 1 is 1.40 bits per heavy atom. The Kier molecular flexibility index (Phi) is 4.76. The molecule has 0 heterocycles. The van der Waals surface area contributed by atoms with Gasteiger partial charge < -0.3 is 5.73 Å². The topological polar surface area (TPSA) is 72.2 Å². The van der Waals surface area contributed by atoms with Crippen molar-refractivity contribution in [2.45, 2.75) is 24.2 Å². The van der Waals surface area contributed by atoms with Crippen LogP contribution in [0.25, 0.3) is 0 Å². The predicted molar refractivity (Wildman–Crippen MR) is 74.9 cm³/mol. The summed E-state index contributed by atoms with van der Waals surface area (Å²) in [5.74, 6) is 5.03. The number of nitrogens with one attached hydrogen (secondary N) is 1. The fraction of sp³-hybridized carbons (Fsp3) is 0.429. The Labute approximate surface area is 118 Å². The second kappa shape index (κ2) is 6.35. The van der Waals surface area contributed by atoms with Crippen molar-refractivity contribution in [3.63, 3.8) is 0 Å². The first-order valence-electron chi connectivity index (χ1n) is 6.51. The van der Waals surface area contributed by atoms with Crippen molar-refractivity contribution in [2.24, 2.45) is 11.7 Å². The zero-order valence-electron chi connectivity index (χ0n) is 11.0. The maximum atomic E-state index is 13.2. The molecule has 1 aromatic carbocycles. The van der Waals surface area contributed by atoms with Crippen LogP contribution >= 0.6 is 0 Å². The normalized spacial score (nSPS) is 15.3. The molecule has 108 valence electrons. The Hall–Kier alpha value is -1.42. The Bertz CT molecular complexity index is 643. The molecule has 0 saturated heterocycles. The minimum atomic E-state index is -3.67. The van der Waals surface area contributed by atoms with Crippen LogP contribution in [0.2, 0.25) is 0 Å². The third kappa shape index (κ3) is 3.57. The molecular weight excluding hydrogens is 279 g/mol. The van der Waals surface area contributed by atoms with Gasteiger partial charge in [-0.1, -0.05) is 18.3 Å². The summed E-state index contributed by atoms with van der Waals surface area (Å²) >= 11 is 0. The molecular formula is C14H17FN2O2S. The van der Waals surface area contributed by atoms with E-state index < -0.39 is 15.8 Å². The van der Waals surface area contributed by atoms with E-state index in [0.29, 0.717) is 12.5 Å². The first-order chi connectivity index (χ1) is 9.53. The zero-order valence-corrected chi connectivity index (χ0v) is 11.8. The van der Waals surface area contributed by atoms with Crippen molar-refractivity contribution < 1.29 is 12.8 Å². The van der Waals surface area contributed by atoms with Crippen LogP contribution in [0.15, 0.2) is 23.1 Å². The summed E-state index contributed by atoms with van der Waals surface area (Å²) in [6, 6.07) is 3.46. The highest BCUT2D eigenvalue weighted by atomic mass is 32.2. The highest BCUT2D eigenvalue weighted by Crippen LogP contribution is 2.26. The fourth-order valence-corrected chi connectivity index (χ4v) is 3.24. The van der Waals surface area contributed by atoms with Gasteiger partial charge in [0.05, 0.1) is 11.4 Å². The molecule has 0 aliphatic heterocycles. The van der Waals surface area contributed by atoms with Gasteiger partial charge in [0.25, 0.3) is 0 Å². The zero-order chi connectivity index (χ0) is 14.6. The molecule has 1 saturated carbocycles. The van der Waals surface area contributed by atoms with Gasteiger partial charge in [0.15, 0.2) is 0 Å². The number of hydrogen-bond donors (Lipinski definition) is 2. The number of sulfonamides is 1. The van der Waals surface area contributed by atoms with Crippen molar-refractivity contribution in [3.8, 4) is 11.8 Å². The Morgan fingerprint density at radius 3 is 2.75 bits per heavy atom. The lowest BCUT2D eigenvalue weighted by Crippen LogP contribution is -2.32. The van der Waals surface area contributed by atoms with Crippen molar-refractivity contribution in [1.29, 1.82) is 0 Å². The summed E-state index contributed by atoms with van der Waals surface area (Å²) in [6.07, 6.45) is 3.24. The summed E-state index contributed by atoms with van der Waals surface area (Å²) in [5.41, 5.74) is 5.40. The number of halogens is 1. The third-order valence-electron chi connectivity index (χ3n) is 3.34. The second-order valence-electron chi connectivity index (χ2n) is 4.80. The average molecular weight is 296 g/mol. The number of hydrogen-bond acceptors (Lipinski definition) is 3. The minimum absolute atomic E-state index is 0.000765. The quantitative estimate of drug-likeness (QED) is 0.821. The Balaban J connectivity index is 2.24. The van der Waals surface area contributed by atoms with Gasteiger partial charge in [-0.05, 0) is 37.0 Å². The van der Waals surface area contributed by atoms with E-state index in [1.165, 1.54) is 6.07 Å². The molecule has 0 unspecified atom stereocenters. The van der Waals surface area contributed by atoms with Crippen molar-refractivity contribution >= 4 is 10.0 Å². The number of nitrogens with two attached hydrogens (primary N) is 1. The summed E-state index contributed by atoms with van der Waals surface area (Å²) < 4.78 is 40.3. The molecule has 0 amide bonds. The lowest BCUT2D eigenvalue weighted by atomic mass is 9.86. The molecule has 0 spiro atoms. The summed E-state index contributed by atoms with van der Waals surface area (Å²) in [7, 11) is -3.67. The highest BCUT2D eigenvalue weighted by Gasteiger charge is 2.23. The molecule has 0 radical (unpaired) electrons. The lowest BCUT2D eigenvalue weighted by molar-refractivity contribution is 0.316. The fourth-order valence-electron chi connectivity index (χ4n) is 1.98. The van der Waals surface area contributed by atoms with Crippen molar-refractivity contribution in [2.75, 3.05) is 13.1 Å². The van der Waals surface area contributed by atoms with Crippen LogP contribution in [0.1, 0.15) is 24.8 Å². The summed E-state index contributed by atoms with van der Waals surface area (Å²) in [5, 5.41) is 0. The molecule has 3 N–H and O–H groups in total. The van der Waals surface area contributed by atoms with Crippen LogP contribution < -0.4 is 10.5 Å². The van der Waals surface area contributed by atoms with E-state index >= 15 is 0 Å². The largest absolute Gasteiger partial charge is 0.320 e. The number of rotatable bonds is 4. The highest BCUT2D eigenvalue weighted by molar-refractivity contribution is 7.89. The average Bonchev–Trinajstić information content (AvgIpc) is 2.34. The molecule has 0 atom stereocenters. The van der Waals surface area contributed by atoms with E-state index in [-0.39, 0.29) is 17.0 Å². The smallest absolute Gasteiger partial charge is 0.241 e. The lowest BCUT2D eigenvalue weighted by Gasteiger charge is -2.25. The van der Waals surface area contributed by atoms with Gasteiger partial charge in [-0.15, -0.1) is 0 Å². The number of benzene rings is 1. The predicted octanol–water partition coefficient (Wildman–Crippen LogP) is 1.21. The van der Waals surface area contributed by atoms with Crippen molar-refractivity contribution in [3.05, 3.63) is 29.6 Å². The molecule has 0 bridgehead atoms. The molecule has 4 nitrogen and oxygen atoms in total. The van der Waals surface area contributed by atoms with E-state index in [0.717, 1.165) is 31.4 Å². The SMILES string of the molecule is NCC#Cc1cc(F)ccc1S(=O)(=O)NCC1CCC1. The molecule has 1 aliphatic rings. The molecule has 2 rings (SSSR count). The molecule has 20 heavy (non-hydrogen) atoms. The van der Waals surface area contributed by atoms with E-state index in [1.54, 1.807) is 0 Å². The first-order valence-corrected chi connectivity index (χ1v) is 7.99. The first kappa shape index (κ1) is 15.0. The maximum Gasteiger partial charge on any atom is 0.241 e. The minimum Gasteiger partial charge on any atom is -0.320 e. The van der Waals surface area contributed by atoms with Crippen LogP contribution in [0.5, 0.6) is 0 Å². The van der Waals surface area contributed by atoms with E-state index in [9.17, 15) is 12.8 Å². The molecule has 1 fully saturated rings. The van der Waals surface area contributed by atoms with Crippen LogP contribution in [-0.4, -0.2) is 21.5 Å². The maximum absolute atomic E-state index is 13.2. The van der Waals surface area contributed by atoms with Crippen LogP contribution in [0.4, 0.5) is 4.39 Å². The molecule has 1 aliphatic carbocycles. The van der Waals surface area contributed by atoms with Gasteiger partial charge >= 0.3 is 0 Å². The summed E-state index contributed by atoms with van der Waals surface area (Å²) in [4.78, 5) is -0.000765. The van der Waals surface area contributed by atoms with Gasteiger partial charge in [-0.3, -0.25) is 0 Å². The van der Waals surface area contributed by atoms with Gasteiger partial charge in [-0.25, -0.2) is 17.5 Å². The van der Waals surface area contributed by atoms with Gasteiger partial charge in [0, 0.05) is 12.1 Å². The van der Waals surface area contributed by atoms with Crippen LogP contribution in [0, 0.1) is 23.6 Å². The second-order valence-corrected chi connectivity index (χ2v) is 6.53. The van der Waals surface area contributed by atoms with E-state index in [4.69, 9.17) is 5.73 Å². The van der Waals surface area contributed by atoms with Crippen molar-refractivity contribution in [1.82, 2.24) is 4.72 Å². The molecule has 1 aromatic rings. The molecule has 6 heteroatoms. The third-order valence-corrected chi connectivity index (χ3v) is 4.82.